The van der Waals surface area contributed by atoms with E-state index >= 15 is 0 Å². The zero-order valence-electron chi connectivity index (χ0n) is 8.56. The van der Waals surface area contributed by atoms with Gasteiger partial charge in [0.1, 0.15) is 0 Å². The Kier molecular flexibility index (Phi) is 2.37. The maximum absolute atomic E-state index is 4.31. The van der Waals surface area contributed by atoms with Crippen LogP contribution in [-0.2, 0) is 0 Å². The maximum atomic E-state index is 4.31. The average molecular weight is 207 g/mol. The lowest BCUT2D eigenvalue weighted by molar-refractivity contribution is 0.532. The van der Waals surface area contributed by atoms with Crippen molar-refractivity contribution < 1.29 is 0 Å². The zero-order chi connectivity index (χ0) is 10.1. The number of thiazole rings is 1. The molecule has 0 fully saturated rings. The first-order chi connectivity index (χ1) is 6.68. The molecule has 14 heavy (non-hydrogen) atoms. The van der Waals surface area contributed by atoms with E-state index in [1.807, 2.05) is 23.3 Å². The highest BCUT2D eigenvalue weighted by atomic mass is 32.1. The van der Waals surface area contributed by atoms with Crippen molar-refractivity contribution >= 4 is 11.3 Å². The van der Waals surface area contributed by atoms with E-state index in [2.05, 4.69) is 30.1 Å². The molecule has 4 heteroatoms. The van der Waals surface area contributed by atoms with Crippen molar-refractivity contribution in [3.63, 3.8) is 0 Å². The highest BCUT2D eigenvalue weighted by Crippen LogP contribution is 2.26. The summed E-state index contributed by atoms with van der Waals surface area (Å²) in [6.45, 7) is 6.27. The van der Waals surface area contributed by atoms with Crippen molar-refractivity contribution in [2.75, 3.05) is 0 Å². The number of hydrogen-bond acceptors (Lipinski definition) is 3. The molecule has 0 saturated heterocycles. The summed E-state index contributed by atoms with van der Waals surface area (Å²) >= 11 is 1.66. The quantitative estimate of drug-likeness (QED) is 0.758. The van der Waals surface area contributed by atoms with Crippen LogP contribution in [0.4, 0.5) is 0 Å². The highest BCUT2D eigenvalue weighted by molar-refractivity contribution is 7.13. The molecule has 0 saturated carbocycles. The second kappa shape index (κ2) is 3.53. The molecule has 2 aromatic rings. The van der Waals surface area contributed by atoms with Crippen LogP contribution in [0.3, 0.4) is 0 Å². The number of aryl methyl sites for hydroxylation is 1. The molecule has 74 valence electrons. The Morgan fingerprint density at radius 3 is 2.71 bits per heavy atom. The summed E-state index contributed by atoms with van der Waals surface area (Å²) in [6, 6.07) is 0.414. The van der Waals surface area contributed by atoms with E-state index in [1.165, 1.54) is 10.4 Å². The van der Waals surface area contributed by atoms with E-state index < -0.39 is 0 Å². The molecule has 0 radical (unpaired) electrons. The van der Waals surface area contributed by atoms with Gasteiger partial charge in [0.25, 0.3) is 0 Å². The van der Waals surface area contributed by atoms with Gasteiger partial charge in [-0.2, -0.15) is 5.10 Å². The number of hydrogen-bond donors (Lipinski definition) is 0. The summed E-state index contributed by atoms with van der Waals surface area (Å²) in [5.74, 6) is 0. The van der Waals surface area contributed by atoms with Crippen LogP contribution in [-0.4, -0.2) is 14.8 Å². The number of nitrogens with zero attached hydrogens (tertiary/aromatic N) is 3. The van der Waals surface area contributed by atoms with Crippen molar-refractivity contribution in [1.82, 2.24) is 14.8 Å². The minimum atomic E-state index is 0.414. The average Bonchev–Trinajstić information content (AvgIpc) is 2.71. The largest absolute Gasteiger partial charge is 0.270 e. The molecule has 0 bridgehead atoms. The summed E-state index contributed by atoms with van der Waals surface area (Å²) in [6.07, 6.45) is 3.98. The van der Waals surface area contributed by atoms with Crippen molar-refractivity contribution in [1.29, 1.82) is 0 Å². The molecule has 0 N–H and O–H groups in total. The molecule has 0 spiro atoms. The lowest BCUT2D eigenvalue weighted by Gasteiger charge is -2.02. The van der Waals surface area contributed by atoms with Crippen LogP contribution in [0.5, 0.6) is 0 Å². The summed E-state index contributed by atoms with van der Waals surface area (Å²) in [7, 11) is 0. The van der Waals surface area contributed by atoms with E-state index in [4.69, 9.17) is 0 Å². The Morgan fingerprint density at radius 1 is 1.43 bits per heavy atom. The SMILES string of the molecule is Cc1ncsc1-c1cnn(C(C)C)c1. The predicted molar refractivity (Wildman–Crippen MR) is 58.5 cm³/mol. The van der Waals surface area contributed by atoms with E-state index in [0.717, 1.165) is 5.69 Å². The van der Waals surface area contributed by atoms with Crippen LogP contribution in [0.1, 0.15) is 25.6 Å². The second-order valence-electron chi connectivity index (χ2n) is 3.57. The first-order valence-electron chi connectivity index (χ1n) is 4.63. The Hall–Kier alpha value is -1.16. The van der Waals surface area contributed by atoms with Crippen molar-refractivity contribution in [3.05, 3.63) is 23.6 Å². The van der Waals surface area contributed by atoms with Crippen molar-refractivity contribution in [2.45, 2.75) is 26.8 Å². The molecule has 0 aliphatic carbocycles. The first-order valence-corrected chi connectivity index (χ1v) is 5.51. The highest BCUT2D eigenvalue weighted by Gasteiger charge is 2.08. The molecule has 0 aliphatic rings. The topological polar surface area (TPSA) is 30.7 Å². The first kappa shape index (κ1) is 9.40. The van der Waals surface area contributed by atoms with Gasteiger partial charge < -0.3 is 0 Å². The van der Waals surface area contributed by atoms with E-state index in [-0.39, 0.29) is 0 Å². The molecule has 0 atom stereocenters. The molecule has 2 aromatic heterocycles. The van der Waals surface area contributed by atoms with Gasteiger partial charge in [-0.3, -0.25) is 4.68 Å². The molecular formula is C10H13N3S. The molecule has 3 nitrogen and oxygen atoms in total. The number of aromatic nitrogens is 3. The van der Waals surface area contributed by atoms with Gasteiger partial charge in [0.05, 0.1) is 22.3 Å². The maximum Gasteiger partial charge on any atom is 0.0801 e. The zero-order valence-corrected chi connectivity index (χ0v) is 9.38. The Bertz CT molecular complexity index is 428. The smallest absolute Gasteiger partial charge is 0.0801 e. The van der Waals surface area contributed by atoms with Gasteiger partial charge in [-0.05, 0) is 20.8 Å². The van der Waals surface area contributed by atoms with Crippen LogP contribution in [0, 0.1) is 6.92 Å². The third-order valence-electron chi connectivity index (χ3n) is 2.14. The van der Waals surface area contributed by atoms with Crippen molar-refractivity contribution in [2.24, 2.45) is 0 Å². The Labute approximate surface area is 87.4 Å². The van der Waals surface area contributed by atoms with Crippen LogP contribution in [0.2, 0.25) is 0 Å². The second-order valence-corrected chi connectivity index (χ2v) is 4.42. The van der Waals surface area contributed by atoms with Crippen LogP contribution < -0.4 is 0 Å². The fourth-order valence-electron chi connectivity index (χ4n) is 1.32. The molecule has 0 aromatic carbocycles. The summed E-state index contributed by atoms with van der Waals surface area (Å²) in [5, 5.41) is 4.31. The monoisotopic (exact) mass is 207 g/mol. The summed E-state index contributed by atoms with van der Waals surface area (Å²) < 4.78 is 1.97. The third-order valence-corrected chi connectivity index (χ3v) is 3.12. The van der Waals surface area contributed by atoms with Crippen LogP contribution in [0.15, 0.2) is 17.9 Å². The van der Waals surface area contributed by atoms with Crippen LogP contribution in [0.25, 0.3) is 10.4 Å². The van der Waals surface area contributed by atoms with Gasteiger partial charge in [0.15, 0.2) is 0 Å². The summed E-state index contributed by atoms with van der Waals surface area (Å²) in [4.78, 5) is 5.45. The Balaban J connectivity index is 2.39. The van der Waals surface area contributed by atoms with Gasteiger partial charge in [-0.25, -0.2) is 4.98 Å². The van der Waals surface area contributed by atoms with Gasteiger partial charge >= 0.3 is 0 Å². The van der Waals surface area contributed by atoms with Gasteiger partial charge in [-0.15, -0.1) is 11.3 Å². The lowest BCUT2D eigenvalue weighted by atomic mass is 10.2. The molecular weight excluding hydrogens is 194 g/mol. The standard InChI is InChI=1S/C10H13N3S/c1-7(2)13-5-9(4-12-13)10-8(3)11-6-14-10/h4-7H,1-3H3. The minimum Gasteiger partial charge on any atom is -0.270 e. The fourth-order valence-corrected chi connectivity index (χ4v) is 2.10. The van der Waals surface area contributed by atoms with Crippen molar-refractivity contribution in [3.8, 4) is 10.4 Å². The lowest BCUT2D eigenvalue weighted by Crippen LogP contribution is -1.99. The van der Waals surface area contributed by atoms with E-state index in [9.17, 15) is 0 Å². The number of rotatable bonds is 2. The third kappa shape index (κ3) is 1.57. The van der Waals surface area contributed by atoms with E-state index in [0.29, 0.717) is 6.04 Å². The van der Waals surface area contributed by atoms with E-state index in [1.54, 1.807) is 11.3 Å². The normalized spacial score (nSPS) is 11.1. The molecule has 2 rings (SSSR count). The van der Waals surface area contributed by atoms with Gasteiger partial charge in [0, 0.05) is 17.8 Å². The Morgan fingerprint density at radius 2 is 2.21 bits per heavy atom. The van der Waals surface area contributed by atoms with Gasteiger partial charge in [-0.1, -0.05) is 0 Å². The molecule has 0 amide bonds. The molecule has 2 heterocycles. The predicted octanol–water partition coefficient (Wildman–Crippen LogP) is 2.90. The fraction of sp³-hybridized carbons (Fsp3) is 0.400. The summed E-state index contributed by atoms with van der Waals surface area (Å²) in [5.41, 5.74) is 4.12. The molecule has 0 aliphatic heterocycles. The minimum absolute atomic E-state index is 0.414. The van der Waals surface area contributed by atoms with Gasteiger partial charge in [0.2, 0.25) is 0 Å². The van der Waals surface area contributed by atoms with Crippen LogP contribution >= 0.6 is 11.3 Å². The molecule has 0 unspecified atom stereocenters.